The minimum atomic E-state index is 0.265. The normalized spacial score (nSPS) is 18.4. The number of carbonyl (C=O) groups excluding carboxylic acids is 1. The van der Waals surface area contributed by atoms with Crippen LogP contribution in [0.2, 0.25) is 0 Å². The smallest absolute Gasteiger partial charge is 0.264 e. The Kier molecular flexibility index (Phi) is 7.32. The molecule has 5 heteroatoms. The largest absolute Gasteiger partial charge is 0.379 e. The molecule has 0 bridgehead atoms. The van der Waals surface area contributed by atoms with Crippen molar-refractivity contribution in [2.45, 2.75) is 51.4 Å². The highest BCUT2D eigenvalue weighted by Gasteiger charge is 2.30. The van der Waals surface area contributed by atoms with Crippen molar-refractivity contribution in [3.8, 4) is 0 Å². The van der Waals surface area contributed by atoms with Crippen LogP contribution in [0.15, 0.2) is 11.4 Å². The Balaban J connectivity index is 1.59. The Morgan fingerprint density at radius 1 is 1.24 bits per heavy atom. The van der Waals surface area contributed by atoms with E-state index in [0.29, 0.717) is 5.92 Å². The molecule has 1 saturated heterocycles. The highest BCUT2D eigenvalue weighted by molar-refractivity contribution is 7.12. The fourth-order valence-electron chi connectivity index (χ4n) is 3.48. The van der Waals surface area contributed by atoms with Crippen molar-refractivity contribution in [2.24, 2.45) is 0 Å². The number of ether oxygens (including phenoxy) is 1. The molecule has 2 fully saturated rings. The fourth-order valence-corrected chi connectivity index (χ4v) is 4.44. The van der Waals surface area contributed by atoms with E-state index in [1.807, 2.05) is 0 Å². The Labute approximate surface area is 156 Å². The van der Waals surface area contributed by atoms with Crippen molar-refractivity contribution in [2.75, 3.05) is 45.9 Å². The second-order valence-electron chi connectivity index (χ2n) is 7.29. The highest BCUT2D eigenvalue weighted by atomic mass is 32.1. The minimum absolute atomic E-state index is 0.265. The van der Waals surface area contributed by atoms with E-state index >= 15 is 0 Å². The first-order valence-corrected chi connectivity index (χ1v) is 10.8. The molecular formula is C20H32N2O2S. The molecule has 2 heterocycles. The summed E-state index contributed by atoms with van der Waals surface area (Å²) in [4.78, 5) is 18.7. The lowest BCUT2D eigenvalue weighted by molar-refractivity contribution is 0.0324. The van der Waals surface area contributed by atoms with Gasteiger partial charge in [0.2, 0.25) is 0 Å². The molecule has 4 nitrogen and oxygen atoms in total. The van der Waals surface area contributed by atoms with Gasteiger partial charge in [-0.15, -0.1) is 11.3 Å². The van der Waals surface area contributed by atoms with E-state index in [2.05, 4.69) is 28.2 Å². The lowest BCUT2D eigenvalue weighted by Gasteiger charge is -2.30. The number of amides is 1. The van der Waals surface area contributed by atoms with E-state index in [0.717, 1.165) is 57.2 Å². The molecule has 0 radical (unpaired) electrons. The van der Waals surface area contributed by atoms with E-state index in [9.17, 15) is 4.79 Å². The molecule has 1 amide bonds. The predicted molar refractivity (Wildman–Crippen MR) is 104 cm³/mol. The Morgan fingerprint density at radius 3 is 2.76 bits per heavy atom. The highest BCUT2D eigenvalue weighted by Crippen LogP contribution is 2.43. The number of rotatable bonds is 10. The number of hydrogen-bond acceptors (Lipinski definition) is 4. The summed E-state index contributed by atoms with van der Waals surface area (Å²) in [5.74, 6) is 0.910. The lowest BCUT2D eigenvalue weighted by Crippen LogP contribution is -2.43. The van der Waals surface area contributed by atoms with Gasteiger partial charge in [-0.1, -0.05) is 26.2 Å². The van der Waals surface area contributed by atoms with Gasteiger partial charge in [-0.2, -0.15) is 0 Å². The van der Waals surface area contributed by atoms with Crippen LogP contribution >= 0.6 is 11.3 Å². The van der Waals surface area contributed by atoms with Crippen LogP contribution in [0.4, 0.5) is 0 Å². The average Bonchev–Trinajstić information content (AvgIpc) is 3.38. The van der Waals surface area contributed by atoms with Gasteiger partial charge >= 0.3 is 0 Å². The zero-order chi connectivity index (χ0) is 17.5. The maximum Gasteiger partial charge on any atom is 0.264 e. The van der Waals surface area contributed by atoms with Gasteiger partial charge in [0.15, 0.2) is 0 Å². The monoisotopic (exact) mass is 364 g/mol. The topological polar surface area (TPSA) is 32.8 Å². The quantitative estimate of drug-likeness (QED) is 0.589. The van der Waals surface area contributed by atoms with E-state index in [4.69, 9.17) is 4.74 Å². The fraction of sp³-hybridized carbons (Fsp3) is 0.750. The maximum atomic E-state index is 13.2. The standard InChI is InChI=1S/C20H32N2O2S/c1-2-3-4-5-9-22(11-10-21-12-14-24-15-13-21)20(23)19-18(8-16-25-19)17-6-7-17/h8,16-17H,2-7,9-15H2,1H3. The van der Waals surface area contributed by atoms with E-state index in [1.165, 1.54) is 37.7 Å². The molecule has 1 aliphatic carbocycles. The third-order valence-electron chi connectivity index (χ3n) is 5.27. The SMILES string of the molecule is CCCCCCN(CCN1CCOCC1)C(=O)c1sccc1C1CC1. The molecule has 25 heavy (non-hydrogen) atoms. The molecule has 1 aromatic heterocycles. The number of thiophene rings is 1. The summed E-state index contributed by atoms with van der Waals surface area (Å²) in [5, 5.41) is 2.10. The molecule has 140 valence electrons. The molecule has 0 N–H and O–H groups in total. The number of hydrogen-bond donors (Lipinski definition) is 0. The number of carbonyl (C=O) groups is 1. The summed E-state index contributed by atoms with van der Waals surface area (Å²) in [6.07, 6.45) is 7.34. The van der Waals surface area contributed by atoms with Gasteiger partial charge in [0.05, 0.1) is 18.1 Å². The second kappa shape index (κ2) is 9.70. The minimum Gasteiger partial charge on any atom is -0.379 e. The summed E-state index contributed by atoms with van der Waals surface area (Å²) in [6.45, 7) is 8.55. The van der Waals surface area contributed by atoms with Gasteiger partial charge in [0, 0.05) is 32.7 Å². The first-order chi connectivity index (χ1) is 12.3. The third-order valence-corrected chi connectivity index (χ3v) is 6.18. The van der Waals surface area contributed by atoms with Crippen LogP contribution in [0.25, 0.3) is 0 Å². The number of nitrogens with zero attached hydrogens (tertiary/aromatic N) is 2. The Bertz CT molecular complexity index is 536. The zero-order valence-corrected chi connectivity index (χ0v) is 16.4. The summed E-state index contributed by atoms with van der Waals surface area (Å²) in [7, 11) is 0. The Morgan fingerprint density at radius 2 is 2.04 bits per heavy atom. The van der Waals surface area contributed by atoms with Crippen LogP contribution in [0.1, 0.15) is 66.6 Å². The summed E-state index contributed by atoms with van der Waals surface area (Å²) < 4.78 is 5.43. The van der Waals surface area contributed by atoms with Gasteiger partial charge in [-0.05, 0) is 42.2 Å². The van der Waals surface area contributed by atoms with E-state index < -0.39 is 0 Å². The van der Waals surface area contributed by atoms with Crippen LogP contribution in [0, 0.1) is 0 Å². The molecule has 1 saturated carbocycles. The molecular weight excluding hydrogens is 332 g/mol. The van der Waals surface area contributed by atoms with Gasteiger partial charge in [0.1, 0.15) is 0 Å². The molecule has 0 atom stereocenters. The molecule has 1 aromatic rings. The van der Waals surface area contributed by atoms with Crippen molar-refractivity contribution in [3.63, 3.8) is 0 Å². The molecule has 3 rings (SSSR count). The second-order valence-corrected chi connectivity index (χ2v) is 8.20. The van der Waals surface area contributed by atoms with E-state index in [1.54, 1.807) is 11.3 Å². The average molecular weight is 365 g/mol. The number of morpholine rings is 1. The molecule has 0 spiro atoms. The van der Waals surface area contributed by atoms with Crippen LogP contribution in [-0.2, 0) is 4.74 Å². The van der Waals surface area contributed by atoms with Crippen LogP contribution in [0.3, 0.4) is 0 Å². The van der Waals surface area contributed by atoms with Gasteiger partial charge in [-0.25, -0.2) is 0 Å². The Hall–Kier alpha value is -0.910. The first kappa shape index (κ1) is 18.9. The first-order valence-electron chi connectivity index (χ1n) is 9.96. The zero-order valence-electron chi connectivity index (χ0n) is 15.5. The lowest BCUT2D eigenvalue weighted by atomic mass is 10.1. The van der Waals surface area contributed by atoms with Crippen molar-refractivity contribution in [1.29, 1.82) is 0 Å². The predicted octanol–water partition coefficient (Wildman–Crippen LogP) is 3.98. The van der Waals surface area contributed by atoms with Crippen LogP contribution in [-0.4, -0.2) is 61.6 Å². The molecule has 1 aliphatic heterocycles. The molecule has 0 unspecified atom stereocenters. The number of unbranched alkanes of at least 4 members (excludes halogenated alkanes) is 3. The van der Waals surface area contributed by atoms with Crippen molar-refractivity contribution in [3.05, 3.63) is 21.9 Å². The van der Waals surface area contributed by atoms with Crippen LogP contribution < -0.4 is 0 Å². The van der Waals surface area contributed by atoms with Crippen LogP contribution in [0.5, 0.6) is 0 Å². The summed E-state index contributed by atoms with van der Waals surface area (Å²) in [5.41, 5.74) is 1.31. The van der Waals surface area contributed by atoms with Crippen molar-refractivity contribution < 1.29 is 9.53 Å². The molecule has 2 aliphatic rings. The summed E-state index contributed by atoms with van der Waals surface area (Å²) >= 11 is 1.63. The third kappa shape index (κ3) is 5.53. The van der Waals surface area contributed by atoms with Gasteiger partial charge < -0.3 is 9.64 Å². The molecule has 0 aromatic carbocycles. The van der Waals surface area contributed by atoms with Gasteiger partial charge in [-0.3, -0.25) is 9.69 Å². The maximum absolute atomic E-state index is 13.2. The summed E-state index contributed by atoms with van der Waals surface area (Å²) in [6, 6.07) is 2.17. The van der Waals surface area contributed by atoms with Crippen molar-refractivity contribution in [1.82, 2.24) is 9.80 Å². The van der Waals surface area contributed by atoms with Crippen molar-refractivity contribution >= 4 is 17.2 Å². The van der Waals surface area contributed by atoms with Gasteiger partial charge in [0.25, 0.3) is 5.91 Å². The van der Waals surface area contributed by atoms with E-state index in [-0.39, 0.29) is 5.91 Å².